The molecule has 1 fully saturated rings. The van der Waals surface area contributed by atoms with Crippen LogP contribution in [-0.2, 0) is 4.74 Å². The molecule has 7 nitrogen and oxygen atoms in total. The van der Waals surface area contributed by atoms with Crippen molar-refractivity contribution in [3.8, 4) is 5.75 Å². The Morgan fingerprint density at radius 1 is 1.27 bits per heavy atom. The van der Waals surface area contributed by atoms with Crippen molar-refractivity contribution in [2.24, 2.45) is 16.6 Å². The highest BCUT2D eigenvalue weighted by molar-refractivity contribution is 5.92. The van der Waals surface area contributed by atoms with Crippen LogP contribution in [0.1, 0.15) is 33.6 Å². The number of rotatable bonds is 4. The summed E-state index contributed by atoms with van der Waals surface area (Å²) in [4.78, 5) is 18.3. The van der Waals surface area contributed by atoms with Crippen molar-refractivity contribution >= 4 is 17.7 Å². The van der Waals surface area contributed by atoms with Gasteiger partial charge in [-0.2, -0.15) is 0 Å². The van der Waals surface area contributed by atoms with E-state index in [0.717, 1.165) is 24.3 Å². The Morgan fingerprint density at radius 3 is 2.42 bits per heavy atom. The molecule has 2 rings (SSSR count). The van der Waals surface area contributed by atoms with Gasteiger partial charge in [0, 0.05) is 25.3 Å². The summed E-state index contributed by atoms with van der Waals surface area (Å²) in [7, 11) is 1.63. The Hall–Kier alpha value is -2.44. The van der Waals surface area contributed by atoms with E-state index in [4.69, 9.17) is 15.2 Å². The maximum atomic E-state index is 12.1. The van der Waals surface area contributed by atoms with Crippen LogP contribution in [0.25, 0.3) is 0 Å². The second-order valence-corrected chi connectivity index (χ2v) is 7.49. The van der Waals surface area contributed by atoms with Crippen molar-refractivity contribution < 1.29 is 14.3 Å². The number of guanidine groups is 1. The first-order valence-electron chi connectivity index (χ1n) is 8.96. The number of piperidine rings is 1. The minimum atomic E-state index is -0.459. The first-order valence-corrected chi connectivity index (χ1v) is 8.96. The summed E-state index contributed by atoms with van der Waals surface area (Å²) in [5.74, 6) is 1.61. The molecule has 1 saturated heterocycles. The van der Waals surface area contributed by atoms with Gasteiger partial charge in [0.25, 0.3) is 0 Å². The fourth-order valence-corrected chi connectivity index (χ4v) is 2.71. The standard InChI is InChI=1S/C19H30N4O3/c1-19(2,3)26-18(24)23-11-9-14(10-12-23)13-21-17(20)22-15-5-7-16(25-4)8-6-15/h5-8,14H,9-13H2,1-4H3,(H3,20,21,22). The van der Waals surface area contributed by atoms with E-state index in [0.29, 0.717) is 31.5 Å². The van der Waals surface area contributed by atoms with Crippen LogP contribution in [0.3, 0.4) is 0 Å². The average molecular weight is 362 g/mol. The maximum absolute atomic E-state index is 12.1. The Balaban J connectivity index is 1.76. The quantitative estimate of drug-likeness (QED) is 0.635. The van der Waals surface area contributed by atoms with Crippen LogP contribution in [-0.4, -0.2) is 49.3 Å². The number of aliphatic imine (C=N–C) groups is 1. The van der Waals surface area contributed by atoms with Crippen molar-refractivity contribution in [1.82, 2.24) is 4.90 Å². The Labute approximate surface area is 155 Å². The molecule has 1 aromatic rings. The van der Waals surface area contributed by atoms with E-state index in [9.17, 15) is 4.79 Å². The van der Waals surface area contributed by atoms with Gasteiger partial charge < -0.3 is 25.4 Å². The Morgan fingerprint density at radius 2 is 1.88 bits per heavy atom. The molecule has 0 unspecified atom stereocenters. The second kappa shape index (κ2) is 8.78. The van der Waals surface area contributed by atoms with Crippen molar-refractivity contribution in [3.63, 3.8) is 0 Å². The number of carbonyl (C=O) groups is 1. The van der Waals surface area contributed by atoms with Crippen molar-refractivity contribution in [3.05, 3.63) is 24.3 Å². The summed E-state index contributed by atoms with van der Waals surface area (Å²) in [5.41, 5.74) is 6.37. The third-order valence-corrected chi connectivity index (χ3v) is 4.15. The number of methoxy groups -OCH3 is 1. The number of nitrogens with two attached hydrogens (primary N) is 1. The molecule has 1 aromatic carbocycles. The lowest BCUT2D eigenvalue weighted by Crippen LogP contribution is -2.42. The second-order valence-electron chi connectivity index (χ2n) is 7.49. The van der Waals surface area contributed by atoms with Gasteiger partial charge in [-0.15, -0.1) is 0 Å². The molecule has 1 amide bonds. The van der Waals surface area contributed by atoms with Crippen molar-refractivity contribution in [1.29, 1.82) is 0 Å². The first kappa shape index (κ1) is 19.9. The molecule has 1 aliphatic heterocycles. The number of nitrogens with one attached hydrogen (secondary N) is 1. The largest absolute Gasteiger partial charge is 0.497 e. The van der Waals surface area contributed by atoms with Crippen LogP contribution < -0.4 is 15.8 Å². The van der Waals surface area contributed by atoms with Gasteiger partial charge in [-0.25, -0.2) is 4.79 Å². The molecule has 26 heavy (non-hydrogen) atoms. The van der Waals surface area contributed by atoms with Gasteiger partial charge in [-0.1, -0.05) is 0 Å². The molecule has 0 bridgehead atoms. The van der Waals surface area contributed by atoms with Crippen LogP contribution in [0.2, 0.25) is 0 Å². The number of hydrogen-bond acceptors (Lipinski definition) is 4. The maximum Gasteiger partial charge on any atom is 0.410 e. The number of anilines is 1. The fourth-order valence-electron chi connectivity index (χ4n) is 2.71. The lowest BCUT2D eigenvalue weighted by atomic mass is 9.97. The minimum absolute atomic E-state index is 0.236. The summed E-state index contributed by atoms with van der Waals surface area (Å²) in [5, 5.41) is 3.07. The van der Waals surface area contributed by atoms with Gasteiger partial charge in [0.1, 0.15) is 11.4 Å². The van der Waals surface area contributed by atoms with Gasteiger partial charge in [-0.3, -0.25) is 4.99 Å². The van der Waals surface area contributed by atoms with Crippen LogP contribution in [0.5, 0.6) is 5.75 Å². The van der Waals surface area contributed by atoms with Crippen molar-refractivity contribution in [2.75, 3.05) is 32.1 Å². The van der Waals surface area contributed by atoms with E-state index in [1.165, 1.54) is 0 Å². The Bertz CT molecular complexity index is 615. The van der Waals surface area contributed by atoms with Crippen LogP contribution in [0.4, 0.5) is 10.5 Å². The molecule has 1 heterocycles. The molecule has 144 valence electrons. The molecule has 1 aliphatic rings. The van der Waals surface area contributed by atoms with Crippen LogP contribution >= 0.6 is 0 Å². The zero-order chi connectivity index (χ0) is 19.2. The zero-order valence-electron chi connectivity index (χ0n) is 16.1. The number of amides is 1. The normalized spacial score (nSPS) is 16.3. The summed E-state index contributed by atoms with van der Waals surface area (Å²) in [6.07, 6.45) is 1.57. The van der Waals surface area contributed by atoms with Gasteiger partial charge in [-0.05, 0) is 63.8 Å². The van der Waals surface area contributed by atoms with Crippen LogP contribution in [0, 0.1) is 5.92 Å². The summed E-state index contributed by atoms with van der Waals surface area (Å²) >= 11 is 0. The number of carbonyl (C=O) groups excluding carboxylic acids is 1. The summed E-state index contributed by atoms with van der Waals surface area (Å²) in [6, 6.07) is 7.51. The van der Waals surface area contributed by atoms with E-state index >= 15 is 0 Å². The third-order valence-electron chi connectivity index (χ3n) is 4.15. The molecule has 0 aromatic heterocycles. The fraction of sp³-hybridized carbons (Fsp3) is 0.579. The third kappa shape index (κ3) is 6.46. The van der Waals surface area contributed by atoms with Gasteiger partial charge in [0.05, 0.1) is 7.11 Å². The molecule has 0 spiro atoms. The van der Waals surface area contributed by atoms with E-state index < -0.39 is 5.60 Å². The van der Waals surface area contributed by atoms with E-state index in [1.807, 2.05) is 45.0 Å². The SMILES string of the molecule is COc1ccc(NC(N)=NCC2CCN(C(=O)OC(C)(C)C)CC2)cc1. The van der Waals surface area contributed by atoms with E-state index in [-0.39, 0.29) is 6.09 Å². The molecule has 0 saturated carbocycles. The first-order chi connectivity index (χ1) is 12.3. The van der Waals surface area contributed by atoms with Gasteiger partial charge in [0.2, 0.25) is 0 Å². The minimum Gasteiger partial charge on any atom is -0.497 e. The molecular formula is C19H30N4O3. The summed E-state index contributed by atoms with van der Waals surface area (Å²) in [6.45, 7) is 7.68. The number of nitrogens with zero attached hydrogens (tertiary/aromatic N) is 2. The number of likely N-dealkylation sites (tertiary alicyclic amines) is 1. The van der Waals surface area contributed by atoms with Crippen LogP contribution in [0.15, 0.2) is 29.3 Å². The summed E-state index contributed by atoms with van der Waals surface area (Å²) < 4.78 is 10.5. The highest BCUT2D eigenvalue weighted by Gasteiger charge is 2.26. The molecule has 3 N–H and O–H groups in total. The number of benzene rings is 1. The van der Waals surface area contributed by atoms with Gasteiger partial charge >= 0.3 is 6.09 Å². The predicted molar refractivity (Wildman–Crippen MR) is 104 cm³/mol. The molecular weight excluding hydrogens is 332 g/mol. The highest BCUT2D eigenvalue weighted by Crippen LogP contribution is 2.20. The predicted octanol–water partition coefficient (Wildman–Crippen LogP) is 3.07. The van der Waals surface area contributed by atoms with E-state index in [2.05, 4.69) is 10.3 Å². The smallest absolute Gasteiger partial charge is 0.410 e. The molecule has 0 aliphatic carbocycles. The average Bonchev–Trinajstić information content (AvgIpc) is 2.59. The van der Waals surface area contributed by atoms with Crippen molar-refractivity contribution in [2.45, 2.75) is 39.2 Å². The topological polar surface area (TPSA) is 89.2 Å². The Kier molecular flexibility index (Phi) is 6.71. The lowest BCUT2D eigenvalue weighted by molar-refractivity contribution is 0.0187. The number of ether oxygens (including phenoxy) is 2. The highest BCUT2D eigenvalue weighted by atomic mass is 16.6. The molecule has 0 radical (unpaired) electrons. The van der Waals surface area contributed by atoms with Gasteiger partial charge in [0.15, 0.2) is 5.96 Å². The zero-order valence-corrected chi connectivity index (χ0v) is 16.1. The van der Waals surface area contributed by atoms with E-state index in [1.54, 1.807) is 12.0 Å². The lowest BCUT2D eigenvalue weighted by Gasteiger charge is -2.33. The monoisotopic (exact) mass is 362 g/mol. The molecule has 0 atom stereocenters. The number of hydrogen-bond donors (Lipinski definition) is 2. The molecule has 7 heteroatoms.